The highest BCUT2D eigenvalue weighted by Gasteiger charge is 2.08. The molecule has 3 nitrogen and oxygen atoms in total. The van der Waals surface area contributed by atoms with Gasteiger partial charge >= 0.3 is 0 Å². The Morgan fingerprint density at radius 1 is 1.36 bits per heavy atom. The molecule has 2 rings (SSSR count). The molecule has 4 heteroatoms. The fourth-order valence-corrected chi connectivity index (χ4v) is 1.34. The molecule has 0 radical (unpaired) electrons. The van der Waals surface area contributed by atoms with Gasteiger partial charge in [-0.2, -0.15) is 5.26 Å². The highest BCUT2D eigenvalue weighted by atomic mass is 35.5. The van der Waals surface area contributed by atoms with E-state index in [1.807, 2.05) is 24.3 Å². The summed E-state index contributed by atoms with van der Waals surface area (Å²) >= 11 is 5.94. The zero-order chi connectivity index (χ0) is 9.97. The predicted octanol–water partition coefficient (Wildman–Crippen LogP) is 2.87. The van der Waals surface area contributed by atoms with Crippen LogP contribution in [0.5, 0.6) is 0 Å². The molecule has 1 aromatic heterocycles. The van der Waals surface area contributed by atoms with E-state index >= 15 is 0 Å². The number of hydrogen-bond acceptors (Lipinski definition) is 3. The van der Waals surface area contributed by atoms with Gasteiger partial charge in [-0.1, -0.05) is 28.9 Å². The molecule has 0 spiro atoms. The molecule has 0 aliphatic carbocycles. The van der Waals surface area contributed by atoms with E-state index in [-0.39, 0.29) is 5.69 Å². The summed E-state index contributed by atoms with van der Waals surface area (Å²) < 4.78 is 4.97. The van der Waals surface area contributed by atoms with Gasteiger partial charge in [0.25, 0.3) is 0 Å². The van der Waals surface area contributed by atoms with E-state index in [4.69, 9.17) is 21.4 Å². The first-order valence-electron chi connectivity index (χ1n) is 3.93. The summed E-state index contributed by atoms with van der Waals surface area (Å²) in [5, 5.41) is 12.7. The van der Waals surface area contributed by atoms with E-state index in [1.54, 1.807) is 12.1 Å². The van der Waals surface area contributed by atoms with Crippen LogP contribution in [0.4, 0.5) is 0 Å². The van der Waals surface area contributed by atoms with Crippen LogP contribution in [0.1, 0.15) is 5.69 Å². The molecule has 0 saturated heterocycles. The van der Waals surface area contributed by atoms with Gasteiger partial charge in [-0.15, -0.1) is 0 Å². The van der Waals surface area contributed by atoms with E-state index in [1.165, 1.54) is 0 Å². The molecule has 1 heterocycles. The Bertz CT molecular complexity index is 499. The minimum Gasteiger partial charge on any atom is -0.355 e. The maximum atomic E-state index is 8.56. The second kappa shape index (κ2) is 3.52. The molecule has 0 saturated carbocycles. The molecular weight excluding hydrogens is 200 g/mol. The van der Waals surface area contributed by atoms with Crippen LogP contribution >= 0.6 is 11.6 Å². The lowest BCUT2D eigenvalue weighted by Gasteiger charge is -1.96. The molecule has 0 amide bonds. The van der Waals surface area contributed by atoms with Gasteiger partial charge in [-0.25, -0.2) is 0 Å². The summed E-state index contributed by atoms with van der Waals surface area (Å²) in [6, 6.07) is 10.7. The molecule has 14 heavy (non-hydrogen) atoms. The molecule has 2 aromatic rings. The molecule has 0 atom stereocenters. The number of nitrogens with zero attached hydrogens (tertiary/aromatic N) is 2. The Balaban J connectivity index is 2.51. The van der Waals surface area contributed by atoms with Crippen LogP contribution in [0.15, 0.2) is 34.9 Å². The molecule has 0 unspecified atom stereocenters. The van der Waals surface area contributed by atoms with Crippen molar-refractivity contribution in [3.63, 3.8) is 0 Å². The van der Waals surface area contributed by atoms with E-state index < -0.39 is 0 Å². The fraction of sp³-hybridized carbons (Fsp3) is 0. The molecule has 0 aliphatic rings. The lowest BCUT2D eigenvalue weighted by Crippen LogP contribution is -1.74. The Hall–Kier alpha value is -1.79. The lowest BCUT2D eigenvalue weighted by atomic mass is 10.1. The van der Waals surface area contributed by atoms with Crippen molar-refractivity contribution in [1.82, 2.24) is 5.16 Å². The summed E-state index contributed by atoms with van der Waals surface area (Å²) in [5.41, 5.74) is 0.989. The van der Waals surface area contributed by atoms with E-state index in [0.29, 0.717) is 10.8 Å². The van der Waals surface area contributed by atoms with Crippen LogP contribution in [0, 0.1) is 11.3 Å². The van der Waals surface area contributed by atoms with Crippen LogP contribution in [0.25, 0.3) is 11.3 Å². The van der Waals surface area contributed by atoms with Gasteiger partial charge in [0.2, 0.25) is 0 Å². The molecule has 0 fully saturated rings. The third-order valence-electron chi connectivity index (χ3n) is 1.76. The van der Waals surface area contributed by atoms with Gasteiger partial charge < -0.3 is 4.52 Å². The van der Waals surface area contributed by atoms with Crippen molar-refractivity contribution in [2.75, 3.05) is 0 Å². The number of nitriles is 1. The van der Waals surface area contributed by atoms with E-state index in [9.17, 15) is 0 Å². The largest absolute Gasteiger partial charge is 0.355 e. The van der Waals surface area contributed by atoms with Crippen molar-refractivity contribution in [2.24, 2.45) is 0 Å². The number of halogens is 1. The molecule has 0 N–H and O–H groups in total. The molecule has 0 aliphatic heterocycles. The summed E-state index contributed by atoms with van der Waals surface area (Å²) in [6.45, 7) is 0. The Morgan fingerprint density at radius 3 is 2.79 bits per heavy atom. The standard InChI is InChI=1S/C10H5ClN2O/c11-9-4-2-1-3-8(9)10-5-7(6-12)13-14-10/h1-5H. The van der Waals surface area contributed by atoms with Gasteiger partial charge in [-0.3, -0.25) is 0 Å². The number of rotatable bonds is 1. The second-order valence-corrected chi connectivity index (χ2v) is 3.08. The fourth-order valence-electron chi connectivity index (χ4n) is 1.12. The van der Waals surface area contributed by atoms with E-state index in [0.717, 1.165) is 5.56 Å². The van der Waals surface area contributed by atoms with Crippen LogP contribution in [-0.2, 0) is 0 Å². The smallest absolute Gasteiger partial charge is 0.184 e. The predicted molar refractivity (Wildman–Crippen MR) is 51.7 cm³/mol. The van der Waals surface area contributed by atoms with Crippen LogP contribution in [0.3, 0.4) is 0 Å². The maximum Gasteiger partial charge on any atom is 0.184 e. The van der Waals surface area contributed by atoms with Crippen LogP contribution < -0.4 is 0 Å². The zero-order valence-electron chi connectivity index (χ0n) is 7.07. The Labute approximate surface area is 85.5 Å². The van der Waals surface area contributed by atoms with Crippen molar-refractivity contribution in [3.05, 3.63) is 41.0 Å². The number of hydrogen-bond donors (Lipinski definition) is 0. The Kier molecular flexibility index (Phi) is 2.21. The van der Waals surface area contributed by atoms with Crippen molar-refractivity contribution < 1.29 is 4.52 Å². The highest BCUT2D eigenvalue weighted by molar-refractivity contribution is 6.33. The highest BCUT2D eigenvalue weighted by Crippen LogP contribution is 2.27. The van der Waals surface area contributed by atoms with Gasteiger partial charge in [0.05, 0.1) is 5.02 Å². The lowest BCUT2D eigenvalue weighted by molar-refractivity contribution is 0.430. The normalized spacial score (nSPS) is 9.71. The average molecular weight is 205 g/mol. The third-order valence-corrected chi connectivity index (χ3v) is 2.09. The minimum atomic E-state index is 0.250. The Morgan fingerprint density at radius 2 is 2.14 bits per heavy atom. The molecule has 0 bridgehead atoms. The molecule has 68 valence electrons. The van der Waals surface area contributed by atoms with Gasteiger partial charge in [0.1, 0.15) is 6.07 Å². The number of aromatic nitrogens is 1. The van der Waals surface area contributed by atoms with Crippen molar-refractivity contribution in [2.45, 2.75) is 0 Å². The summed E-state index contributed by atoms with van der Waals surface area (Å²) in [5.74, 6) is 0.507. The van der Waals surface area contributed by atoms with Gasteiger partial charge in [-0.05, 0) is 12.1 Å². The zero-order valence-corrected chi connectivity index (χ0v) is 7.82. The van der Waals surface area contributed by atoms with Crippen LogP contribution in [-0.4, -0.2) is 5.16 Å². The quantitative estimate of drug-likeness (QED) is 0.718. The second-order valence-electron chi connectivity index (χ2n) is 2.67. The van der Waals surface area contributed by atoms with Gasteiger partial charge in [0, 0.05) is 11.6 Å². The first-order valence-corrected chi connectivity index (χ1v) is 4.31. The maximum absolute atomic E-state index is 8.56. The van der Waals surface area contributed by atoms with Crippen molar-refractivity contribution in [3.8, 4) is 17.4 Å². The average Bonchev–Trinajstić information content (AvgIpc) is 2.67. The molecular formula is C10H5ClN2O. The minimum absolute atomic E-state index is 0.250. The van der Waals surface area contributed by atoms with Crippen LogP contribution in [0.2, 0.25) is 5.02 Å². The monoisotopic (exact) mass is 204 g/mol. The van der Waals surface area contributed by atoms with Crippen molar-refractivity contribution >= 4 is 11.6 Å². The number of benzene rings is 1. The first-order chi connectivity index (χ1) is 6.81. The van der Waals surface area contributed by atoms with Crippen molar-refractivity contribution in [1.29, 1.82) is 5.26 Å². The molecule has 1 aromatic carbocycles. The first kappa shape index (κ1) is 8.79. The summed E-state index contributed by atoms with van der Waals surface area (Å²) in [4.78, 5) is 0. The van der Waals surface area contributed by atoms with Gasteiger partial charge in [0.15, 0.2) is 11.5 Å². The third kappa shape index (κ3) is 1.48. The van der Waals surface area contributed by atoms with E-state index in [2.05, 4.69) is 5.16 Å². The SMILES string of the molecule is N#Cc1cc(-c2ccccc2Cl)on1. The topological polar surface area (TPSA) is 49.8 Å². The summed E-state index contributed by atoms with van der Waals surface area (Å²) in [7, 11) is 0. The summed E-state index contributed by atoms with van der Waals surface area (Å²) in [6.07, 6.45) is 0.